The zero-order valence-electron chi connectivity index (χ0n) is 14.4. The van der Waals surface area contributed by atoms with E-state index < -0.39 is 0 Å². The first kappa shape index (κ1) is 17.2. The van der Waals surface area contributed by atoms with E-state index in [-0.39, 0.29) is 18.0 Å². The van der Waals surface area contributed by atoms with Gasteiger partial charge in [0.25, 0.3) is 5.91 Å². The Morgan fingerprint density at radius 2 is 2.12 bits per heavy atom. The van der Waals surface area contributed by atoms with Gasteiger partial charge < -0.3 is 15.4 Å². The van der Waals surface area contributed by atoms with Gasteiger partial charge in [0.2, 0.25) is 5.88 Å². The molecule has 2 aromatic heterocycles. The van der Waals surface area contributed by atoms with E-state index in [1.807, 2.05) is 0 Å². The summed E-state index contributed by atoms with van der Waals surface area (Å²) in [7, 11) is 1.55. The third kappa shape index (κ3) is 3.37. The number of carbonyl (C=O) groups is 1. The Balaban J connectivity index is 1.40. The van der Waals surface area contributed by atoms with Gasteiger partial charge in [-0.15, -0.1) is 0 Å². The van der Waals surface area contributed by atoms with Crippen molar-refractivity contribution in [2.45, 2.75) is 24.9 Å². The highest BCUT2D eigenvalue weighted by Crippen LogP contribution is 2.44. The van der Waals surface area contributed by atoms with Gasteiger partial charge >= 0.3 is 0 Å². The Hall–Kier alpha value is -2.25. The fourth-order valence-electron chi connectivity index (χ4n) is 4.06. The Labute approximate surface area is 156 Å². The van der Waals surface area contributed by atoms with Gasteiger partial charge in [-0.05, 0) is 37.3 Å². The quantitative estimate of drug-likeness (QED) is 0.852. The second-order valence-corrected chi connectivity index (χ2v) is 7.19. The number of carbonyl (C=O) groups excluding carboxylic acids is 1. The predicted molar refractivity (Wildman–Crippen MR) is 96.0 cm³/mol. The number of fused-ring (bicyclic) bond motifs is 1. The summed E-state index contributed by atoms with van der Waals surface area (Å²) in [6, 6.07) is 3.74. The second kappa shape index (κ2) is 7.17. The van der Waals surface area contributed by atoms with Crippen LogP contribution >= 0.6 is 11.6 Å². The Kier molecular flexibility index (Phi) is 4.74. The van der Waals surface area contributed by atoms with Crippen molar-refractivity contribution >= 4 is 17.5 Å². The van der Waals surface area contributed by atoms with E-state index in [1.54, 1.807) is 31.6 Å². The molecule has 0 bridgehead atoms. The van der Waals surface area contributed by atoms with Crippen LogP contribution in [0.4, 0.5) is 0 Å². The van der Waals surface area contributed by atoms with Gasteiger partial charge in [0.1, 0.15) is 5.15 Å². The molecule has 2 N–H and O–H groups in total. The summed E-state index contributed by atoms with van der Waals surface area (Å²) < 4.78 is 5.02. The monoisotopic (exact) mass is 373 g/mol. The summed E-state index contributed by atoms with van der Waals surface area (Å²) in [6.07, 6.45) is 6.73. The maximum Gasteiger partial charge on any atom is 0.253 e. The van der Waals surface area contributed by atoms with E-state index >= 15 is 0 Å². The Morgan fingerprint density at radius 1 is 1.23 bits per heavy atom. The lowest BCUT2D eigenvalue weighted by Gasteiger charge is -2.19. The van der Waals surface area contributed by atoms with Crippen molar-refractivity contribution in [3.8, 4) is 5.88 Å². The van der Waals surface area contributed by atoms with Gasteiger partial charge in [0, 0.05) is 18.3 Å². The van der Waals surface area contributed by atoms with Crippen LogP contribution in [0.5, 0.6) is 5.88 Å². The number of amides is 1. The zero-order chi connectivity index (χ0) is 18.1. The number of ether oxygens (including phenoxy) is 1. The third-order valence-electron chi connectivity index (χ3n) is 5.28. The lowest BCUT2D eigenvalue weighted by molar-refractivity contribution is 0.0935. The normalized spacial score (nSPS) is 27.2. The van der Waals surface area contributed by atoms with E-state index in [4.69, 9.17) is 16.3 Å². The van der Waals surface area contributed by atoms with E-state index in [9.17, 15) is 4.79 Å². The minimum absolute atomic E-state index is 0.0964. The van der Waals surface area contributed by atoms with Crippen LogP contribution in [0, 0.1) is 11.8 Å². The minimum atomic E-state index is -0.0964. The molecule has 4 rings (SSSR count). The van der Waals surface area contributed by atoms with Gasteiger partial charge in [0.05, 0.1) is 36.8 Å². The van der Waals surface area contributed by atoms with E-state index in [0.29, 0.717) is 28.4 Å². The highest BCUT2D eigenvalue weighted by Gasteiger charge is 2.44. The highest BCUT2D eigenvalue weighted by atomic mass is 35.5. The van der Waals surface area contributed by atoms with Gasteiger partial charge in [-0.3, -0.25) is 9.78 Å². The molecule has 0 spiro atoms. The predicted octanol–water partition coefficient (Wildman–Crippen LogP) is 2.00. The Bertz CT molecular complexity index is 783. The maximum absolute atomic E-state index is 12.5. The van der Waals surface area contributed by atoms with Crippen LogP contribution in [0.25, 0.3) is 0 Å². The first-order valence-corrected chi connectivity index (χ1v) is 9.03. The van der Waals surface area contributed by atoms with Crippen LogP contribution in [0.2, 0.25) is 5.15 Å². The molecule has 26 heavy (non-hydrogen) atoms. The SMILES string of the molecule is COc1ccc(C(=O)N[C@@H]2C[C@H]3CN[C@@H](c4cnc(Cl)cn4)[C@@H]3C2)cn1. The summed E-state index contributed by atoms with van der Waals surface area (Å²) in [5.41, 5.74) is 1.45. The molecule has 2 aromatic rings. The fourth-order valence-corrected chi connectivity index (χ4v) is 4.16. The Morgan fingerprint density at radius 3 is 2.81 bits per heavy atom. The molecule has 8 heteroatoms. The average molecular weight is 374 g/mol. The third-order valence-corrected chi connectivity index (χ3v) is 5.47. The van der Waals surface area contributed by atoms with Crippen LogP contribution in [0.1, 0.15) is 34.9 Å². The van der Waals surface area contributed by atoms with Crippen LogP contribution in [-0.2, 0) is 0 Å². The molecular formula is C18H20ClN5O2. The number of nitrogens with one attached hydrogen (secondary N) is 2. The molecule has 0 aromatic carbocycles. The van der Waals surface area contributed by atoms with E-state index in [2.05, 4.69) is 25.6 Å². The molecule has 0 radical (unpaired) electrons. The van der Waals surface area contributed by atoms with Gasteiger partial charge in [0.15, 0.2) is 0 Å². The molecular weight excluding hydrogens is 354 g/mol. The molecule has 0 unspecified atom stereocenters. The number of hydrogen-bond donors (Lipinski definition) is 2. The van der Waals surface area contributed by atoms with Crippen LogP contribution in [0.15, 0.2) is 30.7 Å². The second-order valence-electron chi connectivity index (χ2n) is 6.80. The van der Waals surface area contributed by atoms with Crippen LogP contribution in [-0.4, -0.2) is 40.6 Å². The number of methoxy groups -OCH3 is 1. The van der Waals surface area contributed by atoms with E-state index in [0.717, 1.165) is 25.1 Å². The lowest BCUT2D eigenvalue weighted by atomic mass is 9.92. The van der Waals surface area contributed by atoms with Crippen LogP contribution in [0.3, 0.4) is 0 Å². The van der Waals surface area contributed by atoms with Crippen molar-refractivity contribution < 1.29 is 9.53 Å². The summed E-state index contributed by atoms with van der Waals surface area (Å²) in [6.45, 7) is 0.927. The number of hydrogen-bond acceptors (Lipinski definition) is 6. The lowest BCUT2D eigenvalue weighted by Crippen LogP contribution is -2.34. The van der Waals surface area contributed by atoms with Crippen molar-refractivity contribution in [2.24, 2.45) is 11.8 Å². The average Bonchev–Trinajstić information content (AvgIpc) is 3.22. The summed E-state index contributed by atoms with van der Waals surface area (Å²) in [4.78, 5) is 25.1. The van der Waals surface area contributed by atoms with Crippen molar-refractivity contribution in [3.05, 3.63) is 47.1 Å². The fraction of sp³-hybridized carbons (Fsp3) is 0.444. The highest BCUT2D eigenvalue weighted by molar-refractivity contribution is 6.29. The van der Waals surface area contributed by atoms with Gasteiger partial charge in [-0.2, -0.15) is 0 Å². The first-order valence-electron chi connectivity index (χ1n) is 8.66. The molecule has 136 valence electrons. The molecule has 2 fully saturated rings. The summed E-state index contributed by atoms with van der Waals surface area (Å²) in [5.74, 6) is 1.36. The van der Waals surface area contributed by atoms with Gasteiger partial charge in [-0.1, -0.05) is 11.6 Å². The maximum atomic E-state index is 12.5. The number of aromatic nitrogens is 3. The first-order chi connectivity index (χ1) is 12.6. The molecule has 1 aliphatic carbocycles. The molecule has 4 atom stereocenters. The number of halogens is 1. The minimum Gasteiger partial charge on any atom is -0.481 e. The molecule has 1 aliphatic heterocycles. The number of nitrogens with zero attached hydrogens (tertiary/aromatic N) is 3. The number of rotatable bonds is 4. The topological polar surface area (TPSA) is 89.0 Å². The largest absolute Gasteiger partial charge is 0.481 e. The molecule has 7 nitrogen and oxygen atoms in total. The molecule has 2 aliphatic rings. The van der Waals surface area contributed by atoms with E-state index in [1.165, 1.54) is 6.20 Å². The van der Waals surface area contributed by atoms with Crippen molar-refractivity contribution in [1.82, 2.24) is 25.6 Å². The summed E-state index contributed by atoms with van der Waals surface area (Å²) in [5, 5.41) is 7.06. The standard InChI is InChI=1S/C18H20ClN5O2/c1-26-16-3-2-10(6-22-16)18(25)24-12-4-11-7-23-17(13(11)5-12)14-8-21-15(19)9-20-14/h2-3,6,8-9,11-13,17,23H,4-5,7H2,1H3,(H,24,25)/t11-,12+,13+,17+/m0/s1. The number of pyridine rings is 1. The van der Waals surface area contributed by atoms with Crippen molar-refractivity contribution in [3.63, 3.8) is 0 Å². The zero-order valence-corrected chi connectivity index (χ0v) is 15.1. The van der Waals surface area contributed by atoms with Crippen molar-refractivity contribution in [2.75, 3.05) is 13.7 Å². The molecule has 1 amide bonds. The van der Waals surface area contributed by atoms with Crippen LogP contribution < -0.4 is 15.4 Å². The smallest absolute Gasteiger partial charge is 0.253 e. The molecule has 1 saturated heterocycles. The van der Waals surface area contributed by atoms with Crippen molar-refractivity contribution in [1.29, 1.82) is 0 Å². The van der Waals surface area contributed by atoms with Gasteiger partial charge in [-0.25, -0.2) is 9.97 Å². The summed E-state index contributed by atoms with van der Waals surface area (Å²) >= 11 is 5.83. The molecule has 1 saturated carbocycles. The molecule has 3 heterocycles.